The van der Waals surface area contributed by atoms with E-state index in [2.05, 4.69) is 13.8 Å². The molecule has 1 heterocycles. The third-order valence-electron chi connectivity index (χ3n) is 3.06. The van der Waals surface area contributed by atoms with Gasteiger partial charge in [-0.15, -0.1) is 0 Å². The summed E-state index contributed by atoms with van der Waals surface area (Å²) in [5, 5.41) is 0. The van der Waals surface area contributed by atoms with Crippen LogP contribution >= 0.6 is 0 Å². The lowest BCUT2D eigenvalue weighted by molar-refractivity contribution is 0.326. The average Bonchev–Trinajstić information content (AvgIpc) is 2.26. The standard InChI is InChI=1S/C10H20OS/c1-3-9-6-5-7-12(11)8-10(9)4-2/h9-10H,3-8H2,1-2H3. The molecule has 12 heavy (non-hydrogen) atoms. The molecule has 0 radical (unpaired) electrons. The summed E-state index contributed by atoms with van der Waals surface area (Å²) in [5.74, 6) is 3.50. The summed E-state index contributed by atoms with van der Waals surface area (Å²) in [6.45, 7) is 4.50. The molecule has 1 fully saturated rings. The van der Waals surface area contributed by atoms with Crippen molar-refractivity contribution in [2.24, 2.45) is 11.8 Å². The molecule has 1 nitrogen and oxygen atoms in total. The molecule has 0 aliphatic carbocycles. The minimum absolute atomic E-state index is 0.510. The minimum Gasteiger partial charge on any atom is -0.260 e. The Morgan fingerprint density at radius 3 is 2.50 bits per heavy atom. The molecule has 3 atom stereocenters. The van der Waals surface area contributed by atoms with E-state index in [9.17, 15) is 4.21 Å². The van der Waals surface area contributed by atoms with Crippen LogP contribution in [0.15, 0.2) is 0 Å². The fourth-order valence-electron chi connectivity index (χ4n) is 2.19. The lowest BCUT2D eigenvalue weighted by Gasteiger charge is -2.21. The molecule has 0 amide bonds. The van der Waals surface area contributed by atoms with Crippen molar-refractivity contribution in [1.82, 2.24) is 0 Å². The summed E-state index contributed by atoms with van der Waals surface area (Å²) in [7, 11) is -0.510. The van der Waals surface area contributed by atoms with Gasteiger partial charge >= 0.3 is 0 Å². The van der Waals surface area contributed by atoms with Gasteiger partial charge in [-0.1, -0.05) is 26.7 Å². The van der Waals surface area contributed by atoms with E-state index in [0.29, 0.717) is 0 Å². The maximum atomic E-state index is 11.4. The molecule has 1 aliphatic rings. The molecule has 0 aromatic carbocycles. The Labute approximate surface area is 78.4 Å². The van der Waals surface area contributed by atoms with Crippen molar-refractivity contribution in [3.05, 3.63) is 0 Å². The van der Waals surface area contributed by atoms with Crippen LogP contribution in [0.2, 0.25) is 0 Å². The second-order valence-electron chi connectivity index (χ2n) is 3.79. The van der Waals surface area contributed by atoms with Crippen LogP contribution in [0.3, 0.4) is 0 Å². The first-order chi connectivity index (χ1) is 5.77. The molecule has 72 valence electrons. The summed E-state index contributed by atoms with van der Waals surface area (Å²) in [5.41, 5.74) is 0. The highest BCUT2D eigenvalue weighted by atomic mass is 32.2. The van der Waals surface area contributed by atoms with Crippen molar-refractivity contribution in [1.29, 1.82) is 0 Å². The SMILES string of the molecule is CCC1CCCS(=O)CC1CC. The first-order valence-electron chi connectivity index (χ1n) is 5.12. The zero-order valence-corrected chi connectivity index (χ0v) is 9.03. The number of hydrogen-bond acceptors (Lipinski definition) is 1. The first-order valence-corrected chi connectivity index (χ1v) is 6.61. The Balaban J connectivity index is 2.55. The topological polar surface area (TPSA) is 17.1 Å². The highest BCUT2D eigenvalue weighted by Crippen LogP contribution is 2.28. The quantitative estimate of drug-likeness (QED) is 0.651. The van der Waals surface area contributed by atoms with Gasteiger partial charge in [-0.05, 0) is 24.7 Å². The molecule has 1 saturated heterocycles. The summed E-state index contributed by atoms with van der Waals surface area (Å²) in [4.78, 5) is 0. The van der Waals surface area contributed by atoms with Crippen LogP contribution in [-0.4, -0.2) is 15.7 Å². The molecule has 1 rings (SSSR count). The molecule has 1 aliphatic heterocycles. The number of rotatable bonds is 2. The van der Waals surface area contributed by atoms with Gasteiger partial charge in [0.05, 0.1) is 0 Å². The lowest BCUT2D eigenvalue weighted by atomic mass is 9.86. The van der Waals surface area contributed by atoms with E-state index >= 15 is 0 Å². The van der Waals surface area contributed by atoms with E-state index in [0.717, 1.165) is 23.3 Å². The molecular weight excluding hydrogens is 168 g/mol. The molecule has 0 N–H and O–H groups in total. The summed E-state index contributed by atoms with van der Waals surface area (Å²) < 4.78 is 11.4. The fraction of sp³-hybridized carbons (Fsp3) is 1.00. The smallest absolute Gasteiger partial charge is 0.0265 e. The van der Waals surface area contributed by atoms with Gasteiger partial charge in [0.15, 0.2) is 0 Å². The maximum Gasteiger partial charge on any atom is 0.0265 e. The van der Waals surface area contributed by atoms with Crippen molar-refractivity contribution in [2.45, 2.75) is 39.5 Å². The van der Waals surface area contributed by atoms with Gasteiger partial charge in [0, 0.05) is 22.3 Å². The molecule has 3 unspecified atom stereocenters. The van der Waals surface area contributed by atoms with Gasteiger partial charge in [0.1, 0.15) is 0 Å². The predicted molar refractivity (Wildman–Crippen MR) is 54.7 cm³/mol. The lowest BCUT2D eigenvalue weighted by Crippen LogP contribution is -2.17. The van der Waals surface area contributed by atoms with Crippen LogP contribution in [0.1, 0.15) is 39.5 Å². The summed E-state index contributed by atoms with van der Waals surface area (Å²) in [6.07, 6.45) is 4.97. The van der Waals surface area contributed by atoms with E-state index in [1.807, 2.05) is 0 Å². The van der Waals surface area contributed by atoms with Crippen molar-refractivity contribution in [2.75, 3.05) is 11.5 Å². The van der Waals surface area contributed by atoms with E-state index in [-0.39, 0.29) is 0 Å². The van der Waals surface area contributed by atoms with Crippen LogP contribution in [0.5, 0.6) is 0 Å². The highest BCUT2D eigenvalue weighted by molar-refractivity contribution is 7.84. The molecule has 0 bridgehead atoms. The Bertz CT molecular complexity index is 156. The Hall–Kier alpha value is 0.150. The third-order valence-corrected chi connectivity index (χ3v) is 4.61. The first kappa shape index (κ1) is 10.2. The Morgan fingerprint density at radius 1 is 1.25 bits per heavy atom. The van der Waals surface area contributed by atoms with Gasteiger partial charge in [-0.25, -0.2) is 0 Å². The normalized spacial score (nSPS) is 37.7. The van der Waals surface area contributed by atoms with Gasteiger partial charge in [0.25, 0.3) is 0 Å². The van der Waals surface area contributed by atoms with Gasteiger partial charge in [-0.3, -0.25) is 4.21 Å². The van der Waals surface area contributed by atoms with Crippen LogP contribution < -0.4 is 0 Å². The largest absolute Gasteiger partial charge is 0.260 e. The highest BCUT2D eigenvalue weighted by Gasteiger charge is 2.23. The van der Waals surface area contributed by atoms with E-state index in [1.54, 1.807) is 0 Å². The average molecular weight is 188 g/mol. The van der Waals surface area contributed by atoms with Crippen molar-refractivity contribution in [3.63, 3.8) is 0 Å². The molecule has 0 saturated carbocycles. The van der Waals surface area contributed by atoms with Gasteiger partial charge in [-0.2, -0.15) is 0 Å². The second-order valence-corrected chi connectivity index (χ2v) is 5.41. The Morgan fingerprint density at radius 2 is 1.92 bits per heavy atom. The summed E-state index contributed by atoms with van der Waals surface area (Å²) >= 11 is 0. The van der Waals surface area contributed by atoms with Crippen LogP contribution in [0.25, 0.3) is 0 Å². The van der Waals surface area contributed by atoms with E-state index < -0.39 is 10.8 Å². The zero-order valence-electron chi connectivity index (χ0n) is 8.21. The molecular formula is C10H20OS. The number of hydrogen-bond donors (Lipinski definition) is 0. The zero-order chi connectivity index (χ0) is 8.97. The predicted octanol–water partition coefficient (Wildman–Crippen LogP) is 2.58. The fourth-order valence-corrected chi connectivity index (χ4v) is 3.83. The van der Waals surface area contributed by atoms with Crippen LogP contribution in [-0.2, 0) is 10.8 Å². The van der Waals surface area contributed by atoms with E-state index in [1.165, 1.54) is 25.7 Å². The van der Waals surface area contributed by atoms with Crippen LogP contribution in [0.4, 0.5) is 0 Å². The van der Waals surface area contributed by atoms with Crippen molar-refractivity contribution in [3.8, 4) is 0 Å². The van der Waals surface area contributed by atoms with Crippen molar-refractivity contribution >= 4 is 10.8 Å². The van der Waals surface area contributed by atoms with Gasteiger partial charge < -0.3 is 0 Å². The maximum absolute atomic E-state index is 11.4. The Kier molecular flexibility index (Phi) is 4.27. The minimum atomic E-state index is -0.510. The van der Waals surface area contributed by atoms with Crippen LogP contribution in [0, 0.1) is 11.8 Å². The molecule has 0 aromatic heterocycles. The monoisotopic (exact) mass is 188 g/mol. The third kappa shape index (κ3) is 2.58. The molecule has 2 heteroatoms. The van der Waals surface area contributed by atoms with E-state index in [4.69, 9.17) is 0 Å². The summed E-state index contributed by atoms with van der Waals surface area (Å²) in [6, 6.07) is 0. The van der Waals surface area contributed by atoms with Crippen molar-refractivity contribution < 1.29 is 4.21 Å². The molecule has 0 aromatic rings. The molecule has 0 spiro atoms. The van der Waals surface area contributed by atoms with Gasteiger partial charge in [0.2, 0.25) is 0 Å². The second kappa shape index (κ2) is 5.00.